The highest BCUT2D eigenvalue weighted by atomic mass is 32.1. The molecule has 3 N–H and O–H groups in total. The highest BCUT2D eigenvalue weighted by molar-refractivity contribution is 7.80. The van der Waals surface area contributed by atoms with E-state index in [0.29, 0.717) is 22.4 Å². The molecule has 146 valence electrons. The minimum absolute atomic E-state index is 0.323. The SMILES string of the molecule is Cc1ccc(NC(=S)NCC[C@@H]2[C@H](c3c(C)[nH]c4ccccc34)C2(C)C)cc1. The van der Waals surface area contributed by atoms with E-state index >= 15 is 0 Å². The van der Waals surface area contributed by atoms with Gasteiger partial charge in [-0.25, -0.2) is 0 Å². The van der Waals surface area contributed by atoms with Crippen molar-refractivity contribution in [2.45, 2.75) is 40.0 Å². The lowest BCUT2D eigenvalue weighted by Gasteiger charge is -2.11. The van der Waals surface area contributed by atoms with Crippen LogP contribution in [0.5, 0.6) is 0 Å². The summed E-state index contributed by atoms with van der Waals surface area (Å²) in [4.78, 5) is 3.57. The van der Waals surface area contributed by atoms with E-state index in [2.05, 4.69) is 91.8 Å². The first-order chi connectivity index (χ1) is 13.4. The van der Waals surface area contributed by atoms with Gasteiger partial charge in [-0.05, 0) is 73.5 Å². The number of H-pyrrole nitrogens is 1. The van der Waals surface area contributed by atoms with Gasteiger partial charge in [-0.2, -0.15) is 0 Å². The molecule has 1 aliphatic rings. The number of thiocarbonyl (C=S) groups is 1. The van der Waals surface area contributed by atoms with Crippen molar-refractivity contribution >= 4 is 33.9 Å². The molecule has 0 radical (unpaired) electrons. The van der Waals surface area contributed by atoms with Crippen LogP contribution in [0.25, 0.3) is 10.9 Å². The van der Waals surface area contributed by atoms with E-state index < -0.39 is 0 Å². The van der Waals surface area contributed by atoms with E-state index in [1.54, 1.807) is 0 Å². The summed E-state index contributed by atoms with van der Waals surface area (Å²) in [6.45, 7) is 9.98. The van der Waals surface area contributed by atoms with Crippen LogP contribution < -0.4 is 10.6 Å². The lowest BCUT2D eigenvalue weighted by molar-refractivity contribution is 0.528. The number of rotatable bonds is 5. The monoisotopic (exact) mass is 391 g/mol. The molecule has 0 spiro atoms. The Morgan fingerprint density at radius 2 is 1.79 bits per heavy atom. The maximum Gasteiger partial charge on any atom is 0.170 e. The number of nitrogens with one attached hydrogen (secondary N) is 3. The van der Waals surface area contributed by atoms with Gasteiger partial charge in [-0.1, -0.05) is 49.7 Å². The molecule has 0 bridgehead atoms. The molecule has 2 aromatic carbocycles. The fraction of sp³-hybridized carbons (Fsp3) is 0.375. The van der Waals surface area contributed by atoms with Gasteiger partial charge < -0.3 is 15.6 Å². The summed E-state index contributed by atoms with van der Waals surface area (Å²) >= 11 is 5.46. The van der Waals surface area contributed by atoms with Crippen LogP contribution in [0.2, 0.25) is 0 Å². The topological polar surface area (TPSA) is 39.8 Å². The third-order valence-corrected chi connectivity index (χ3v) is 6.60. The van der Waals surface area contributed by atoms with E-state index in [4.69, 9.17) is 12.2 Å². The lowest BCUT2D eigenvalue weighted by atomic mass is 10.0. The largest absolute Gasteiger partial charge is 0.362 e. The Bertz CT molecular complexity index is 1000. The van der Waals surface area contributed by atoms with E-state index in [0.717, 1.165) is 18.7 Å². The summed E-state index contributed by atoms with van der Waals surface area (Å²) in [5.41, 5.74) is 6.67. The molecule has 0 amide bonds. The highest BCUT2D eigenvalue weighted by Gasteiger charge is 2.58. The molecule has 0 saturated heterocycles. The third-order valence-electron chi connectivity index (χ3n) is 6.36. The number of para-hydroxylation sites is 1. The number of hydrogen-bond acceptors (Lipinski definition) is 1. The van der Waals surface area contributed by atoms with Gasteiger partial charge >= 0.3 is 0 Å². The average molecular weight is 392 g/mol. The van der Waals surface area contributed by atoms with Crippen LogP contribution in [0.15, 0.2) is 48.5 Å². The van der Waals surface area contributed by atoms with Crippen molar-refractivity contribution in [1.29, 1.82) is 0 Å². The Labute approximate surface area is 172 Å². The Kier molecular flexibility index (Phi) is 4.92. The second-order valence-corrected chi connectivity index (χ2v) is 9.06. The first-order valence-corrected chi connectivity index (χ1v) is 10.5. The molecule has 1 aromatic heterocycles. The number of aromatic nitrogens is 1. The molecule has 1 saturated carbocycles. The van der Waals surface area contributed by atoms with Crippen molar-refractivity contribution < 1.29 is 0 Å². The molecule has 3 nitrogen and oxygen atoms in total. The van der Waals surface area contributed by atoms with Crippen LogP contribution in [0.3, 0.4) is 0 Å². The summed E-state index contributed by atoms with van der Waals surface area (Å²) in [6.07, 6.45) is 1.12. The minimum atomic E-state index is 0.323. The predicted molar refractivity (Wildman–Crippen MR) is 123 cm³/mol. The van der Waals surface area contributed by atoms with Crippen LogP contribution in [-0.2, 0) is 0 Å². The number of anilines is 1. The van der Waals surface area contributed by atoms with Crippen molar-refractivity contribution in [2.24, 2.45) is 11.3 Å². The van der Waals surface area contributed by atoms with Crippen LogP contribution >= 0.6 is 12.2 Å². The molecule has 0 unspecified atom stereocenters. The molecular formula is C24H29N3S. The zero-order valence-corrected chi connectivity index (χ0v) is 17.9. The van der Waals surface area contributed by atoms with Crippen molar-refractivity contribution in [3.05, 3.63) is 65.4 Å². The van der Waals surface area contributed by atoms with Crippen molar-refractivity contribution in [3.8, 4) is 0 Å². The Morgan fingerprint density at radius 1 is 1.07 bits per heavy atom. The van der Waals surface area contributed by atoms with E-state index in [1.807, 2.05) is 0 Å². The van der Waals surface area contributed by atoms with Crippen LogP contribution in [-0.4, -0.2) is 16.6 Å². The molecule has 2 atom stereocenters. The van der Waals surface area contributed by atoms with Gasteiger partial charge in [0.2, 0.25) is 0 Å². The van der Waals surface area contributed by atoms with Crippen LogP contribution in [0.1, 0.15) is 43.0 Å². The van der Waals surface area contributed by atoms with Gasteiger partial charge in [0.1, 0.15) is 0 Å². The van der Waals surface area contributed by atoms with Crippen molar-refractivity contribution in [3.63, 3.8) is 0 Å². The summed E-state index contributed by atoms with van der Waals surface area (Å²) < 4.78 is 0. The molecule has 3 aromatic rings. The summed E-state index contributed by atoms with van der Waals surface area (Å²) in [7, 11) is 0. The average Bonchev–Trinajstić information content (AvgIpc) is 3.02. The van der Waals surface area contributed by atoms with E-state index in [1.165, 1.54) is 27.7 Å². The first-order valence-electron chi connectivity index (χ1n) is 10.1. The molecule has 4 heteroatoms. The second-order valence-electron chi connectivity index (χ2n) is 8.65. The van der Waals surface area contributed by atoms with E-state index in [9.17, 15) is 0 Å². The standard InChI is InChI=1S/C24H29N3S/c1-15-9-11-17(12-10-15)27-23(28)25-14-13-19-22(24(19,3)4)21-16(2)26-20-8-6-5-7-18(20)21/h5-12,19,22,26H,13-14H2,1-4H3,(H2,25,27,28)/t19-,22-/m1/s1. The summed E-state index contributed by atoms with van der Waals surface area (Å²) in [6, 6.07) is 17.0. The van der Waals surface area contributed by atoms with Gasteiger partial charge in [0.05, 0.1) is 0 Å². The number of aromatic amines is 1. The molecule has 0 aliphatic heterocycles. The summed E-state index contributed by atoms with van der Waals surface area (Å²) in [5, 5.41) is 8.73. The zero-order chi connectivity index (χ0) is 19.9. The van der Waals surface area contributed by atoms with Gasteiger partial charge in [-0.3, -0.25) is 0 Å². The van der Waals surface area contributed by atoms with Gasteiger partial charge in [0, 0.05) is 28.8 Å². The van der Waals surface area contributed by atoms with E-state index in [-0.39, 0.29) is 0 Å². The van der Waals surface area contributed by atoms with Crippen molar-refractivity contribution in [2.75, 3.05) is 11.9 Å². The van der Waals surface area contributed by atoms with Crippen molar-refractivity contribution in [1.82, 2.24) is 10.3 Å². The molecule has 28 heavy (non-hydrogen) atoms. The summed E-state index contributed by atoms with van der Waals surface area (Å²) in [5.74, 6) is 1.27. The predicted octanol–water partition coefficient (Wildman–Crippen LogP) is 5.90. The Morgan fingerprint density at radius 3 is 2.54 bits per heavy atom. The number of aryl methyl sites for hydroxylation is 2. The van der Waals surface area contributed by atoms with Gasteiger partial charge in [0.15, 0.2) is 5.11 Å². The molecule has 4 rings (SSSR count). The van der Waals surface area contributed by atoms with Crippen LogP contribution in [0.4, 0.5) is 5.69 Å². The van der Waals surface area contributed by atoms with Gasteiger partial charge in [-0.15, -0.1) is 0 Å². The number of fused-ring (bicyclic) bond motifs is 1. The normalized spacial score (nSPS) is 20.1. The van der Waals surface area contributed by atoms with Crippen LogP contribution in [0, 0.1) is 25.2 Å². The fourth-order valence-electron chi connectivity index (χ4n) is 4.71. The Balaban J connectivity index is 1.37. The smallest absolute Gasteiger partial charge is 0.170 e. The maximum absolute atomic E-state index is 5.46. The molecule has 1 heterocycles. The first kappa shape index (κ1) is 19.0. The fourth-order valence-corrected chi connectivity index (χ4v) is 4.93. The molecule has 1 fully saturated rings. The molecule has 1 aliphatic carbocycles. The lowest BCUT2D eigenvalue weighted by Crippen LogP contribution is -2.29. The number of benzene rings is 2. The third kappa shape index (κ3) is 3.53. The minimum Gasteiger partial charge on any atom is -0.362 e. The second kappa shape index (κ2) is 7.25. The highest BCUT2D eigenvalue weighted by Crippen LogP contribution is 2.67. The number of hydrogen-bond donors (Lipinski definition) is 3. The van der Waals surface area contributed by atoms with Gasteiger partial charge in [0.25, 0.3) is 0 Å². The molecular weight excluding hydrogens is 362 g/mol. The Hall–Kier alpha value is -2.33. The zero-order valence-electron chi connectivity index (χ0n) is 17.1. The quantitative estimate of drug-likeness (QED) is 0.474. The maximum atomic E-state index is 5.46.